The molecule has 0 aliphatic heterocycles. The van der Waals surface area contributed by atoms with Gasteiger partial charge in [0.25, 0.3) is 0 Å². The molecule has 0 aliphatic carbocycles. The molecular formula is C22H23ClN2O2. The summed E-state index contributed by atoms with van der Waals surface area (Å²) in [4.78, 5) is 11.7. The van der Waals surface area contributed by atoms with Crippen molar-refractivity contribution in [1.29, 1.82) is 0 Å². The molecule has 5 heteroatoms. The van der Waals surface area contributed by atoms with Crippen LogP contribution in [0.2, 0.25) is 5.02 Å². The Morgan fingerprint density at radius 3 is 2.44 bits per heavy atom. The molecule has 3 rings (SSSR count). The predicted molar refractivity (Wildman–Crippen MR) is 111 cm³/mol. The van der Waals surface area contributed by atoms with Gasteiger partial charge in [-0.3, -0.25) is 4.79 Å². The molecule has 2 N–H and O–H groups in total. The third-order valence-electron chi connectivity index (χ3n) is 4.34. The van der Waals surface area contributed by atoms with E-state index in [-0.39, 0.29) is 11.8 Å². The Bertz CT molecular complexity index is 930. The summed E-state index contributed by atoms with van der Waals surface area (Å²) in [5.74, 6) is 1.61. The van der Waals surface area contributed by atoms with Crippen molar-refractivity contribution in [2.45, 2.75) is 27.3 Å². The predicted octanol–water partition coefficient (Wildman–Crippen LogP) is 6.12. The normalized spacial score (nSPS) is 10.9. The second kappa shape index (κ2) is 8.31. The third-order valence-corrected chi connectivity index (χ3v) is 4.75. The number of hydrogen-bond donors (Lipinski definition) is 2. The molecule has 0 aliphatic rings. The lowest BCUT2D eigenvalue weighted by molar-refractivity contribution is -0.118. The lowest BCUT2D eigenvalue weighted by Crippen LogP contribution is -2.17. The molecule has 0 saturated carbocycles. The molecular weight excluding hydrogens is 360 g/mol. The number of carbonyl (C=O) groups excluding carboxylic acids is 1. The number of carbonyl (C=O) groups is 1. The van der Waals surface area contributed by atoms with Gasteiger partial charge in [-0.15, -0.1) is 0 Å². The van der Waals surface area contributed by atoms with Crippen LogP contribution in [-0.4, -0.2) is 5.91 Å². The zero-order chi connectivity index (χ0) is 19.4. The van der Waals surface area contributed by atoms with Crippen molar-refractivity contribution >= 4 is 28.9 Å². The van der Waals surface area contributed by atoms with Crippen LogP contribution in [0.15, 0.2) is 59.0 Å². The van der Waals surface area contributed by atoms with E-state index in [9.17, 15) is 4.79 Å². The first-order valence-corrected chi connectivity index (χ1v) is 9.31. The molecule has 2 aromatic carbocycles. The summed E-state index contributed by atoms with van der Waals surface area (Å²) in [7, 11) is 0. The number of amides is 1. The van der Waals surface area contributed by atoms with Crippen LogP contribution < -0.4 is 10.6 Å². The van der Waals surface area contributed by atoms with Crippen molar-refractivity contribution in [3.63, 3.8) is 0 Å². The summed E-state index contributed by atoms with van der Waals surface area (Å²) in [5.41, 5.74) is 3.75. The first-order valence-electron chi connectivity index (χ1n) is 8.93. The molecule has 1 amide bonds. The molecule has 0 spiro atoms. The minimum absolute atomic E-state index is 0.00938. The van der Waals surface area contributed by atoms with Crippen LogP contribution in [0.3, 0.4) is 0 Å². The van der Waals surface area contributed by atoms with E-state index in [0.717, 1.165) is 39.0 Å². The highest BCUT2D eigenvalue weighted by molar-refractivity contribution is 6.31. The second-order valence-corrected chi connectivity index (χ2v) is 7.16. The fourth-order valence-electron chi connectivity index (χ4n) is 2.64. The van der Waals surface area contributed by atoms with Crippen LogP contribution in [0.25, 0.3) is 11.3 Å². The first-order chi connectivity index (χ1) is 12.9. The second-order valence-electron chi connectivity index (χ2n) is 6.75. The molecule has 0 fully saturated rings. The van der Waals surface area contributed by atoms with Crippen LogP contribution in [0, 0.1) is 12.8 Å². The number of anilines is 2. The van der Waals surface area contributed by atoms with Crippen molar-refractivity contribution in [2.24, 2.45) is 5.92 Å². The Morgan fingerprint density at radius 1 is 1.04 bits per heavy atom. The van der Waals surface area contributed by atoms with Crippen LogP contribution in [-0.2, 0) is 11.3 Å². The molecule has 140 valence electrons. The van der Waals surface area contributed by atoms with E-state index in [0.29, 0.717) is 6.54 Å². The van der Waals surface area contributed by atoms with Gasteiger partial charge in [0.15, 0.2) is 0 Å². The van der Waals surface area contributed by atoms with Crippen LogP contribution in [0.1, 0.15) is 25.2 Å². The van der Waals surface area contributed by atoms with Crippen molar-refractivity contribution in [1.82, 2.24) is 0 Å². The number of nitrogens with one attached hydrogen (secondary N) is 2. The van der Waals surface area contributed by atoms with Crippen LogP contribution >= 0.6 is 11.6 Å². The molecule has 0 unspecified atom stereocenters. The fraction of sp³-hybridized carbons (Fsp3) is 0.227. The third kappa shape index (κ3) is 4.72. The molecule has 1 aromatic heterocycles. The van der Waals surface area contributed by atoms with Crippen molar-refractivity contribution in [2.75, 3.05) is 10.6 Å². The Hall–Kier alpha value is -2.72. The summed E-state index contributed by atoms with van der Waals surface area (Å²) < 4.78 is 5.95. The summed E-state index contributed by atoms with van der Waals surface area (Å²) >= 11 is 6.19. The zero-order valence-corrected chi connectivity index (χ0v) is 16.4. The molecule has 1 heterocycles. The van der Waals surface area contributed by atoms with Gasteiger partial charge in [-0.2, -0.15) is 0 Å². The lowest BCUT2D eigenvalue weighted by atomic mass is 10.1. The summed E-state index contributed by atoms with van der Waals surface area (Å²) in [6.45, 7) is 6.29. The highest BCUT2D eigenvalue weighted by Gasteiger charge is 2.10. The number of rotatable bonds is 6. The van der Waals surface area contributed by atoms with Gasteiger partial charge in [0.1, 0.15) is 11.5 Å². The molecule has 0 saturated heterocycles. The maximum atomic E-state index is 11.7. The van der Waals surface area contributed by atoms with Gasteiger partial charge in [-0.1, -0.05) is 37.6 Å². The van der Waals surface area contributed by atoms with E-state index in [2.05, 4.69) is 10.6 Å². The summed E-state index contributed by atoms with van der Waals surface area (Å²) in [6, 6.07) is 17.3. The van der Waals surface area contributed by atoms with Crippen molar-refractivity contribution in [3.05, 3.63) is 70.9 Å². The van der Waals surface area contributed by atoms with Crippen molar-refractivity contribution < 1.29 is 9.21 Å². The zero-order valence-electron chi connectivity index (χ0n) is 15.7. The lowest BCUT2D eigenvalue weighted by Gasteiger charge is -2.09. The maximum Gasteiger partial charge on any atom is 0.226 e. The van der Waals surface area contributed by atoms with E-state index in [1.807, 2.05) is 75.4 Å². The minimum Gasteiger partial charge on any atom is -0.459 e. The van der Waals surface area contributed by atoms with Gasteiger partial charge in [0.05, 0.1) is 6.54 Å². The monoisotopic (exact) mass is 382 g/mol. The SMILES string of the molecule is Cc1c(Cl)cccc1-c1ccc(CNc2ccc(NC(=O)C(C)C)cc2)o1. The quantitative estimate of drug-likeness (QED) is 0.540. The molecule has 27 heavy (non-hydrogen) atoms. The van der Waals surface area contributed by atoms with Gasteiger partial charge >= 0.3 is 0 Å². The Labute approximate surface area is 164 Å². The average molecular weight is 383 g/mol. The van der Waals surface area contributed by atoms with E-state index >= 15 is 0 Å². The minimum atomic E-state index is -0.0425. The molecule has 4 nitrogen and oxygen atoms in total. The average Bonchev–Trinajstić information content (AvgIpc) is 3.12. The van der Waals surface area contributed by atoms with Crippen LogP contribution in [0.4, 0.5) is 11.4 Å². The summed E-state index contributed by atoms with van der Waals surface area (Å²) in [5, 5.41) is 6.93. The molecule has 0 bridgehead atoms. The smallest absolute Gasteiger partial charge is 0.226 e. The number of hydrogen-bond acceptors (Lipinski definition) is 3. The first kappa shape index (κ1) is 19.1. The van der Waals surface area contributed by atoms with E-state index in [1.54, 1.807) is 0 Å². The topological polar surface area (TPSA) is 54.3 Å². The number of furan rings is 1. The van der Waals surface area contributed by atoms with Gasteiger partial charge in [0.2, 0.25) is 5.91 Å². The molecule has 0 radical (unpaired) electrons. The van der Waals surface area contributed by atoms with E-state index in [4.69, 9.17) is 16.0 Å². The van der Waals surface area contributed by atoms with E-state index in [1.165, 1.54) is 0 Å². The number of benzene rings is 2. The highest BCUT2D eigenvalue weighted by Crippen LogP contribution is 2.30. The highest BCUT2D eigenvalue weighted by atomic mass is 35.5. The summed E-state index contributed by atoms with van der Waals surface area (Å²) in [6.07, 6.45) is 0. The van der Waals surface area contributed by atoms with Gasteiger partial charge in [-0.25, -0.2) is 0 Å². The molecule has 3 aromatic rings. The van der Waals surface area contributed by atoms with E-state index < -0.39 is 0 Å². The largest absolute Gasteiger partial charge is 0.459 e. The fourth-order valence-corrected chi connectivity index (χ4v) is 2.81. The van der Waals surface area contributed by atoms with Gasteiger partial charge in [0, 0.05) is 27.9 Å². The standard InChI is InChI=1S/C22H23ClN2O2/c1-14(2)22(26)25-17-9-7-16(8-10-17)24-13-18-11-12-21(27-18)19-5-4-6-20(23)15(19)3/h4-12,14,24H,13H2,1-3H3,(H,25,26). The van der Waals surface area contributed by atoms with Crippen LogP contribution in [0.5, 0.6) is 0 Å². The molecule has 0 atom stereocenters. The Balaban J connectivity index is 1.62. The van der Waals surface area contributed by atoms with Gasteiger partial charge < -0.3 is 15.1 Å². The maximum absolute atomic E-state index is 11.7. The Kier molecular flexibility index (Phi) is 5.87. The van der Waals surface area contributed by atoms with Gasteiger partial charge in [-0.05, 0) is 55.0 Å². The number of halogens is 1. The Morgan fingerprint density at radius 2 is 1.74 bits per heavy atom. The van der Waals surface area contributed by atoms with Crippen molar-refractivity contribution in [3.8, 4) is 11.3 Å².